The standard InChI is InChI=1S/C15H13F6N5/c16-10-7-9(12(17)18)8-23-13(10)25-3-5-26(6-4-25)14-22-2-1-11(24-14)15(19,20)21/h1-2,7-8,12H,3-6H2. The minimum absolute atomic E-state index is 0.0686. The molecule has 2 aromatic heterocycles. The molecule has 3 rings (SSSR count). The molecule has 1 aliphatic rings. The molecular formula is C15H13F6N5. The Balaban J connectivity index is 1.70. The summed E-state index contributed by atoms with van der Waals surface area (Å²) >= 11 is 0. The number of pyridine rings is 1. The lowest BCUT2D eigenvalue weighted by atomic mass is 10.2. The second-order valence-electron chi connectivity index (χ2n) is 5.59. The van der Waals surface area contributed by atoms with Crippen molar-refractivity contribution in [1.29, 1.82) is 0 Å². The van der Waals surface area contributed by atoms with Crippen LogP contribution in [0.5, 0.6) is 0 Å². The molecule has 0 bridgehead atoms. The zero-order valence-electron chi connectivity index (χ0n) is 13.2. The smallest absolute Gasteiger partial charge is 0.351 e. The molecule has 1 aliphatic heterocycles. The van der Waals surface area contributed by atoms with Gasteiger partial charge in [0.05, 0.1) is 0 Å². The van der Waals surface area contributed by atoms with Crippen molar-refractivity contribution in [2.75, 3.05) is 36.0 Å². The van der Waals surface area contributed by atoms with Crippen LogP contribution in [0.25, 0.3) is 0 Å². The lowest BCUT2D eigenvalue weighted by molar-refractivity contribution is -0.141. The van der Waals surface area contributed by atoms with Crippen LogP contribution in [0.1, 0.15) is 17.7 Å². The molecule has 0 atom stereocenters. The van der Waals surface area contributed by atoms with Gasteiger partial charge in [0.15, 0.2) is 11.6 Å². The fourth-order valence-corrected chi connectivity index (χ4v) is 2.57. The first kappa shape index (κ1) is 18.2. The first-order valence-electron chi connectivity index (χ1n) is 7.59. The number of rotatable bonds is 3. The van der Waals surface area contributed by atoms with Gasteiger partial charge in [-0.1, -0.05) is 0 Å². The molecular weight excluding hydrogens is 364 g/mol. The molecule has 0 aliphatic carbocycles. The number of halogens is 6. The Hall–Kier alpha value is -2.59. The molecule has 0 saturated carbocycles. The highest BCUT2D eigenvalue weighted by atomic mass is 19.4. The van der Waals surface area contributed by atoms with Gasteiger partial charge in [0.1, 0.15) is 5.69 Å². The molecule has 2 aromatic rings. The van der Waals surface area contributed by atoms with Crippen LogP contribution >= 0.6 is 0 Å². The Morgan fingerprint density at radius 1 is 1.00 bits per heavy atom. The molecule has 3 heterocycles. The van der Waals surface area contributed by atoms with Crippen molar-refractivity contribution in [3.8, 4) is 0 Å². The number of nitrogens with zero attached hydrogens (tertiary/aromatic N) is 5. The molecule has 140 valence electrons. The highest BCUT2D eigenvalue weighted by Crippen LogP contribution is 2.29. The van der Waals surface area contributed by atoms with Crippen molar-refractivity contribution in [1.82, 2.24) is 15.0 Å². The van der Waals surface area contributed by atoms with Crippen molar-refractivity contribution in [3.05, 3.63) is 41.6 Å². The molecule has 11 heteroatoms. The van der Waals surface area contributed by atoms with Crippen LogP contribution in [0.3, 0.4) is 0 Å². The Kier molecular flexibility index (Phi) is 4.88. The Bertz CT molecular complexity index is 773. The summed E-state index contributed by atoms with van der Waals surface area (Å²) in [6.07, 6.45) is -5.45. The van der Waals surface area contributed by atoms with Gasteiger partial charge in [-0.05, 0) is 12.1 Å². The third-order valence-electron chi connectivity index (χ3n) is 3.89. The molecule has 0 radical (unpaired) electrons. The van der Waals surface area contributed by atoms with Gasteiger partial charge in [-0.3, -0.25) is 0 Å². The van der Waals surface area contributed by atoms with E-state index in [1.54, 1.807) is 0 Å². The lowest BCUT2D eigenvalue weighted by Gasteiger charge is -2.35. The summed E-state index contributed by atoms with van der Waals surface area (Å²) in [5.74, 6) is -1.01. The van der Waals surface area contributed by atoms with Crippen LogP contribution in [0, 0.1) is 5.82 Å². The van der Waals surface area contributed by atoms with Crippen molar-refractivity contribution >= 4 is 11.8 Å². The van der Waals surface area contributed by atoms with Gasteiger partial charge in [-0.2, -0.15) is 13.2 Å². The Morgan fingerprint density at radius 3 is 2.23 bits per heavy atom. The average molecular weight is 377 g/mol. The van der Waals surface area contributed by atoms with Gasteiger partial charge in [0.25, 0.3) is 6.43 Å². The number of hydrogen-bond donors (Lipinski definition) is 0. The summed E-state index contributed by atoms with van der Waals surface area (Å²) in [6, 6.07) is 1.51. The molecule has 0 amide bonds. The van der Waals surface area contributed by atoms with Gasteiger partial charge in [-0.25, -0.2) is 28.1 Å². The zero-order valence-corrected chi connectivity index (χ0v) is 13.2. The Labute approximate surface area is 144 Å². The van der Waals surface area contributed by atoms with Crippen LogP contribution in [-0.2, 0) is 6.18 Å². The average Bonchev–Trinajstić information content (AvgIpc) is 2.61. The van der Waals surface area contributed by atoms with Gasteiger partial charge in [0.2, 0.25) is 5.95 Å². The molecule has 5 nitrogen and oxygen atoms in total. The molecule has 26 heavy (non-hydrogen) atoms. The maximum absolute atomic E-state index is 14.0. The van der Waals surface area contributed by atoms with Gasteiger partial charge >= 0.3 is 6.18 Å². The summed E-state index contributed by atoms with van der Waals surface area (Å²) in [7, 11) is 0. The number of hydrogen-bond acceptors (Lipinski definition) is 5. The largest absolute Gasteiger partial charge is 0.433 e. The lowest BCUT2D eigenvalue weighted by Crippen LogP contribution is -2.47. The van der Waals surface area contributed by atoms with E-state index in [4.69, 9.17) is 0 Å². The van der Waals surface area contributed by atoms with Crippen LogP contribution in [0.15, 0.2) is 24.5 Å². The minimum atomic E-state index is -4.57. The zero-order chi connectivity index (χ0) is 18.9. The molecule has 1 fully saturated rings. The van der Waals surface area contributed by atoms with Crippen LogP contribution in [0.4, 0.5) is 38.1 Å². The van der Waals surface area contributed by atoms with Crippen LogP contribution in [-0.4, -0.2) is 41.1 Å². The maximum Gasteiger partial charge on any atom is 0.433 e. The summed E-state index contributed by atoms with van der Waals surface area (Å²) in [4.78, 5) is 14.2. The van der Waals surface area contributed by atoms with E-state index >= 15 is 0 Å². The SMILES string of the molecule is Fc1cc(C(F)F)cnc1N1CCN(c2nccc(C(F)(F)F)n2)CC1. The van der Waals surface area contributed by atoms with Gasteiger partial charge in [0, 0.05) is 44.1 Å². The molecule has 0 unspecified atom stereocenters. The van der Waals surface area contributed by atoms with Gasteiger partial charge < -0.3 is 9.80 Å². The summed E-state index contributed by atoms with van der Waals surface area (Å²) < 4.78 is 77.3. The quantitative estimate of drug-likeness (QED) is 0.769. The summed E-state index contributed by atoms with van der Waals surface area (Å²) in [5, 5.41) is 0. The van der Waals surface area contributed by atoms with Crippen LogP contribution < -0.4 is 9.80 Å². The third-order valence-corrected chi connectivity index (χ3v) is 3.89. The molecule has 0 N–H and O–H groups in total. The summed E-state index contributed by atoms with van der Waals surface area (Å²) in [5.41, 5.74) is -1.55. The predicted octanol–water partition coefficient (Wildman–Crippen LogP) is 3.29. The highest BCUT2D eigenvalue weighted by Gasteiger charge is 2.33. The minimum Gasteiger partial charge on any atom is -0.351 e. The number of alkyl halides is 5. The van der Waals surface area contributed by atoms with Crippen molar-refractivity contribution < 1.29 is 26.3 Å². The number of anilines is 2. The van der Waals surface area contributed by atoms with E-state index in [0.717, 1.165) is 24.5 Å². The van der Waals surface area contributed by atoms with Gasteiger partial charge in [-0.15, -0.1) is 0 Å². The normalized spacial score (nSPS) is 15.7. The summed E-state index contributed by atoms with van der Waals surface area (Å²) in [6.45, 7) is 0.938. The second-order valence-corrected chi connectivity index (χ2v) is 5.59. The fraction of sp³-hybridized carbons (Fsp3) is 0.400. The van der Waals surface area contributed by atoms with E-state index in [2.05, 4.69) is 15.0 Å². The van der Waals surface area contributed by atoms with E-state index in [9.17, 15) is 26.3 Å². The first-order chi connectivity index (χ1) is 12.3. The topological polar surface area (TPSA) is 45.2 Å². The first-order valence-corrected chi connectivity index (χ1v) is 7.59. The monoisotopic (exact) mass is 377 g/mol. The molecule has 1 saturated heterocycles. The van der Waals surface area contributed by atoms with E-state index < -0.39 is 29.7 Å². The van der Waals surface area contributed by atoms with Crippen LogP contribution in [0.2, 0.25) is 0 Å². The third kappa shape index (κ3) is 3.81. The van der Waals surface area contributed by atoms with Crippen molar-refractivity contribution in [3.63, 3.8) is 0 Å². The molecule has 0 spiro atoms. The van der Waals surface area contributed by atoms with Crippen molar-refractivity contribution in [2.24, 2.45) is 0 Å². The van der Waals surface area contributed by atoms with E-state index in [0.29, 0.717) is 0 Å². The predicted molar refractivity (Wildman–Crippen MR) is 80.6 cm³/mol. The fourth-order valence-electron chi connectivity index (χ4n) is 2.57. The Morgan fingerprint density at radius 2 is 1.65 bits per heavy atom. The van der Waals surface area contributed by atoms with Crippen molar-refractivity contribution in [2.45, 2.75) is 12.6 Å². The van der Waals surface area contributed by atoms with E-state index in [-0.39, 0.29) is 37.9 Å². The van der Waals surface area contributed by atoms with E-state index in [1.807, 2.05) is 0 Å². The molecule has 0 aromatic carbocycles. The number of piperazine rings is 1. The second kappa shape index (κ2) is 6.96. The van der Waals surface area contributed by atoms with E-state index in [1.165, 1.54) is 9.80 Å². The maximum atomic E-state index is 14.0. The number of aromatic nitrogens is 3. The highest BCUT2D eigenvalue weighted by molar-refractivity contribution is 5.44.